The highest BCUT2D eigenvalue weighted by Crippen LogP contribution is 2.38. The van der Waals surface area contributed by atoms with Gasteiger partial charge in [-0.05, 0) is 12.1 Å². The Balaban J connectivity index is 2.40. The Hall–Kier alpha value is -4.50. The molecule has 0 unspecified atom stereocenters. The molecule has 0 radical (unpaired) electrons. The van der Waals surface area contributed by atoms with Gasteiger partial charge < -0.3 is 0 Å². The van der Waals surface area contributed by atoms with E-state index in [1.165, 1.54) is 0 Å². The Kier molecular flexibility index (Phi) is 9.18. The third-order valence-corrected chi connectivity index (χ3v) is 10.1. The topological polar surface area (TPSA) is 254 Å². The molecule has 1 heterocycles. The van der Waals surface area contributed by atoms with Crippen molar-refractivity contribution in [1.29, 1.82) is 0 Å². The lowest BCUT2D eigenvalue weighted by atomic mass is 10.1. The van der Waals surface area contributed by atoms with Crippen LogP contribution in [0.15, 0.2) is 58.3 Å². The van der Waals surface area contributed by atoms with Crippen LogP contribution in [0.5, 0.6) is 0 Å². The molecule has 3 rings (SSSR count). The first kappa shape index (κ1) is 34.0. The quantitative estimate of drug-likeness (QED) is 0.113. The van der Waals surface area contributed by atoms with Crippen molar-refractivity contribution >= 4 is 31.4 Å². The molecule has 0 N–H and O–H groups in total. The average molecular weight is 676 g/mol. The molecule has 0 saturated carbocycles. The molecule has 2 aromatic carbocycles. The third kappa shape index (κ3) is 5.71. The molecule has 1 aliphatic rings. The van der Waals surface area contributed by atoms with Gasteiger partial charge in [0.1, 0.15) is 9.85 Å². The van der Waals surface area contributed by atoms with Crippen LogP contribution >= 0.6 is 0 Å². The molecule has 240 valence electrons. The number of rotatable bonds is 10. The van der Waals surface area contributed by atoms with E-state index in [2.05, 4.69) is 0 Å². The van der Waals surface area contributed by atoms with Crippen molar-refractivity contribution in [2.24, 2.45) is 0 Å². The number of nitro groups is 4. The maximum absolute atomic E-state index is 14.4. The van der Waals surface area contributed by atoms with E-state index in [-0.39, 0.29) is 0 Å². The van der Waals surface area contributed by atoms with Crippen LogP contribution < -0.4 is 0 Å². The Morgan fingerprint density at radius 1 is 0.614 bits per heavy atom. The van der Waals surface area contributed by atoms with E-state index in [1.807, 2.05) is 0 Å². The van der Waals surface area contributed by atoms with Gasteiger partial charge in [-0.25, -0.2) is 16.8 Å². The number of hydrogen-bond acceptors (Lipinski definition) is 14. The molecule has 0 aromatic heterocycles. The largest absolute Gasteiger partial charge is 0.484 e. The van der Waals surface area contributed by atoms with E-state index in [4.69, 9.17) is 0 Å². The lowest BCUT2D eigenvalue weighted by Crippen LogP contribution is -2.71. The van der Waals surface area contributed by atoms with E-state index in [0.717, 1.165) is 24.3 Å². The molecule has 0 bridgehead atoms. The van der Waals surface area contributed by atoms with Crippen molar-refractivity contribution in [1.82, 2.24) is 19.3 Å². The van der Waals surface area contributed by atoms with E-state index >= 15 is 0 Å². The molecular formula is C18H16F4N8O12S2. The van der Waals surface area contributed by atoms with Gasteiger partial charge in [0.05, 0.1) is 22.9 Å². The van der Waals surface area contributed by atoms with Gasteiger partial charge >= 0.3 is 5.66 Å². The van der Waals surface area contributed by atoms with Gasteiger partial charge in [0.25, 0.3) is 31.4 Å². The SMILES string of the molecule is O=[N+]([O-])c1ccccc1S(=O)(=O)N1CC(N(F)F)(N(F)F)CN(S(=O)(=O)c2ccccc2[N+](=O)[O-])CC([N+](=O)[O-])([N+](=O)[O-])C1. The van der Waals surface area contributed by atoms with Gasteiger partial charge in [-0.3, -0.25) is 40.5 Å². The van der Waals surface area contributed by atoms with Crippen LogP contribution in [-0.2, 0) is 20.0 Å². The first-order valence-electron chi connectivity index (χ1n) is 11.3. The summed E-state index contributed by atoms with van der Waals surface area (Å²) in [7, 11) is -11.5. The second-order valence-corrected chi connectivity index (χ2v) is 12.8. The molecular weight excluding hydrogens is 660 g/mol. The fourth-order valence-corrected chi connectivity index (χ4v) is 7.56. The molecule has 0 amide bonds. The summed E-state index contributed by atoms with van der Waals surface area (Å²) in [5.74, 6) is 0. The molecule has 0 spiro atoms. The van der Waals surface area contributed by atoms with Gasteiger partial charge in [-0.15, -0.1) is 0 Å². The Labute approximate surface area is 241 Å². The number of halogens is 4. The van der Waals surface area contributed by atoms with Crippen LogP contribution in [-0.4, -0.2) is 93.3 Å². The highest BCUT2D eigenvalue weighted by molar-refractivity contribution is 7.89. The van der Waals surface area contributed by atoms with Crippen molar-refractivity contribution in [3.63, 3.8) is 0 Å². The lowest BCUT2D eigenvalue weighted by molar-refractivity contribution is -0.794. The van der Waals surface area contributed by atoms with Crippen molar-refractivity contribution < 1.29 is 54.5 Å². The minimum absolute atomic E-state index is 0.491. The maximum atomic E-state index is 14.4. The molecule has 0 atom stereocenters. The number of nitro benzene ring substituents is 2. The smallest absolute Gasteiger partial charge is 0.258 e. The minimum atomic E-state index is -5.77. The van der Waals surface area contributed by atoms with E-state index in [1.54, 1.807) is 0 Å². The van der Waals surface area contributed by atoms with Gasteiger partial charge in [0.15, 0.2) is 22.9 Å². The van der Waals surface area contributed by atoms with Crippen LogP contribution in [0, 0.1) is 40.5 Å². The van der Waals surface area contributed by atoms with Crippen molar-refractivity contribution in [2.75, 3.05) is 26.2 Å². The summed E-state index contributed by atoms with van der Waals surface area (Å²) in [5.41, 5.74) is -11.0. The molecule has 0 aliphatic carbocycles. The molecule has 26 heteroatoms. The first-order valence-corrected chi connectivity index (χ1v) is 14.1. The average Bonchev–Trinajstić information content (AvgIpc) is 2.92. The van der Waals surface area contributed by atoms with Gasteiger partial charge in [-0.2, -0.15) is 8.61 Å². The van der Waals surface area contributed by atoms with Crippen molar-refractivity contribution in [3.05, 3.63) is 89.0 Å². The Morgan fingerprint density at radius 2 is 0.932 bits per heavy atom. The van der Waals surface area contributed by atoms with Crippen LogP contribution in [0.2, 0.25) is 0 Å². The summed E-state index contributed by atoms with van der Waals surface area (Å²) < 4.78 is 110. The van der Waals surface area contributed by atoms with Crippen molar-refractivity contribution in [3.8, 4) is 0 Å². The van der Waals surface area contributed by atoms with Gasteiger partial charge in [0.2, 0.25) is 5.66 Å². The molecule has 2 aromatic rings. The second-order valence-electron chi connectivity index (χ2n) is 8.94. The standard InChI is InChI=1S/C18H16F4N8O12S2/c19-27(20)17(28(21)22)9-23(43(39,40)15-7-3-1-5-13(15)25(31)32)11-18(29(35)36,30(37)38)12-24(10-17)44(41,42)16-8-4-2-6-14(16)26(33)34/h1-8H,9-12H2. The zero-order valence-corrected chi connectivity index (χ0v) is 22.9. The third-order valence-electron chi connectivity index (χ3n) is 6.39. The Bertz CT molecular complexity index is 1600. The van der Waals surface area contributed by atoms with Crippen LogP contribution in [0.4, 0.5) is 29.3 Å². The summed E-state index contributed by atoms with van der Waals surface area (Å²) in [6.07, 6.45) is 0. The number of nitrogens with zero attached hydrogens (tertiary/aromatic N) is 8. The number of hydrogen-bond donors (Lipinski definition) is 0. The molecule has 1 saturated heterocycles. The highest BCUT2D eigenvalue weighted by atomic mass is 32.2. The zero-order chi connectivity index (χ0) is 33.4. The van der Waals surface area contributed by atoms with E-state index in [9.17, 15) is 75.2 Å². The summed E-state index contributed by atoms with van der Waals surface area (Å²) in [6.45, 7) is -9.19. The zero-order valence-electron chi connectivity index (χ0n) is 21.3. The number of para-hydroxylation sites is 2. The van der Waals surface area contributed by atoms with Crippen LogP contribution in [0.1, 0.15) is 0 Å². The number of sulfonamides is 2. The highest BCUT2D eigenvalue weighted by Gasteiger charge is 2.67. The normalized spacial score (nSPS) is 18.0. The molecule has 1 fully saturated rings. The van der Waals surface area contributed by atoms with Crippen LogP contribution in [0.3, 0.4) is 0 Å². The monoisotopic (exact) mass is 676 g/mol. The van der Waals surface area contributed by atoms with Gasteiger partial charge in [0, 0.05) is 22.8 Å². The first-order chi connectivity index (χ1) is 20.3. The molecule has 20 nitrogen and oxygen atoms in total. The summed E-state index contributed by atoms with van der Waals surface area (Å²) in [4.78, 5) is 38.2. The minimum Gasteiger partial charge on any atom is -0.258 e. The van der Waals surface area contributed by atoms with Gasteiger partial charge in [-0.1, -0.05) is 42.2 Å². The van der Waals surface area contributed by atoms with Crippen LogP contribution in [0.25, 0.3) is 0 Å². The predicted octanol–water partition coefficient (Wildman–Crippen LogP) is 1.29. The summed E-state index contributed by atoms with van der Waals surface area (Å²) in [6, 6.07) is 5.73. The molecule has 44 heavy (non-hydrogen) atoms. The van der Waals surface area contributed by atoms with E-state index < -0.39 is 118 Å². The van der Waals surface area contributed by atoms with Crippen molar-refractivity contribution in [2.45, 2.75) is 21.1 Å². The number of benzene rings is 2. The fourth-order valence-electron chi connectivity index (χ4n) is 4.18. The lowest BCUT2D eigenvalue weighted by Gasteiger charge is -2.42. The Morgan fingerprint density at radius 3 is 1.20 bits per heavy atom. The summed E-state index contributed by atoms with van der Waals surface area (Å²) >= 11 is 0. The summed E-state index contributed by atoms with van der Waals surface area (Å²) in [5, 5.41) is 42.5. The fraction of sp³-hybridized carbons (Fsp3) is 0.333. The second kappa shape index (κ2) is 11.9. The maximum Gasteiger partial charge on any atom is 0.484 e. The predicted molar refractivity (Wildman–Crippen MR) is 131 cm³/mol. The van der Waals surface area contributed by atoms with E-state index in [0.29, 0.717) is 24.3 Å². The molecule has 1 aliphatic heterocycles.